The smallest absolute Gasteiger partial charge is 0.209 e. The van der Waals surface area contributed by atoms with E-state index in [-0.39, 0.29) is 12.0 Å². The van der Waals surface area contributed by atoms with Crippen LogP contribution in [0.1, 0.15) is 53.8 Å². The molecule has 0 spiro atoms. The third kappa shape index (κ3) is 5.24. The first-order chi connectivity index (χ1) is 13.5. The largest absolute Gasteiger partial charge is 0.312 e. The van der Waals surface area contributed by atoms with Crippen LogP contribution in [0.2, 0.25) is 0 Å². The van der Waals surface area contributed by atoms with E-state index in [2.05, 4.69) is 57.3 Å². The van der Waals surface area contributed by atoms with Gasteiger partial charge in [0.05, 0.1) is 12.3 Å². The highest BCUT2D eigenvalue weighted by Crippen LogP contribution is 2.24. The van der Waals surface area contributed by atoms with E-state index in [4.69, 9.17) is 0 Å². The fraction of sp³-hybridized carbons (Fsp3) is 0.619. The summed E-state index contributed by atoms with van der Waals surface area (Å²) in [6.07, 6.45) is 2.00. The van der Waals surface area contributed by atoms with Crippen LogP contribution in [0.4, 0.5) is 0 Å². The molecule has 29 heavy (non-hydrogen) atoms. The minimum atomic E-state index is -3.34. The predicted octanol–water partition coefficient (Wildman–Crippen LogP) is 2.51. The van der Waals surface area contributed by atoms with E-state index in [1.807, 2.05) is 13.8 Å². The van der Waals surface area contributed by atoms with Crippen LogP contribution in [-0.4, -0.2) is 47.4 Å². The zero-order chi connectivity index (χ0) is 21.3. The van der Waals surface area contributed by atoms with Crippen molar-refractivity contribution < 1.29 is 8.42 Å². The maximum absolute atomic E-state index is 11.8. The molecule has 2 aromatic rings. The van der Waals surface area contributed by atoms with E-state index in [0.29, 0.717) is 5.82 Å². The van der Waals surface area contributed by atoms with Crippen molar-refractivity contribution in [3.63, 3.8) is 0 Å². The van der Waals surface area contributed by atoms with Crippen LogP contribution in [0.3, 0.4) is 0 Å². The molecule has 2 heterocycles. The molecular weight excluding hydrogens is 386 g/mol. The van der Waals surface area contributed by atoms with Gasteiger partial charge < -0.3 is 4.57 Å². The topological polar surface area (TPSA) is 80.1 Å². The average molecular weight is 420 g/mol. The van der Waals surface area contributed by atoms with Gasteiger partial charge in [-0.05, 0) is 48.9 Å². The summed E-state index contributed by atoms with van der Waals surface area (Å²) in [6.45, 7) is 14.0. The summed E-state index contributed by atoms with van der Waals surface area (Å²) in [5.41, 5.74) is 5.35. The second kappa shape index (κ2) is 8.53. The van der Waals surface area contributed by atoms with E-state index >= 15 is 0 Å². The van der Waals surface area contributed by atoms with Gasteiger partial charge in [-0.3, -0.25) is 4.90 Å². The van der Waals surface area contributed by atoms with Gasteiger partial charge in [-0.15, -0.1) is 10.2 Å². The second-order valence-electron chi connectivity index (χ2n) is 8.63. The summed E-state index contributed by atoms with van der Waals surface area (Å²) >= 11 is 0. The van der Waals surface area contributed by atoms with Gasteiger partial charge in [-0.2, -0.15) is 0 Å². The molecular formula is C21H33N5O2S. The van der Waals surface area contributed by atoms with E-state index in [1.54, 1.807) is 0 Å². The zero-order valence-corrected chi connectivity index (χ0v) is 19.2. The van der Waals surface area contributed by atoms with Crippen molar-refractivity contribution in [3.8, 4) is 0 Å². The van der Waals surface area contributed by atoms with Crippen LogP contribution in [-0.2, 0) is 29.5 Å². The van der Waals surface area contributed by atoms with E-state index < -0.39 is 10.0 Å². The minimum absolute atomic E-state index is 0.0792. The Hall–Kier alpha value is -1.77. The molecule has 1 aromatic carbocycles. The molecule has 1 aromatic heterocycles. The van der Waals surface area contributed by atoms with E-state index in [0.717, 1.165) is 38.4 Å². The zero-order valence-electron chi connectivity index (χ0n) is 18.4. The van der Waals surface area contributed by atoms with Crippen molar-refractivity contribution in [2.24, 2.45) is 5.92 Å². The van der Waals surface area contributed by atoms with Crippen molar-refractivity contribution in [3.05, 3.63) is 46.0 Å². The molecule has 0 bridgehead atoms. The highest BCUT2D eigenvalue weighted by atomic mass is 32.2. The molecule has 0 fully saturated rings. The lowest BCUT2D eigenvalue weighted by Crippen LogP contribution is -2.33. The number of hydrogen-bond donors (Lipinski definition) is 1. The second-order valence-corrected chi connectivity index (χ2v) is 10.4. The number of nitrogens with one attached hydrogen (secondary N) is 1. The summed E-state index contributed by atoms with van der Waals surface area (Å²) in [5, 5.41) is 8.74. The molecule has 0 saturated heterocycles. The van der Waals surface area contributed by atoms with E-state index in [1.165, 1.54) is 28.5 Å². The molecule has 0 radical (unpaired) electrons. The summed E-state index contributed by atoms with van der Waals surface area (Å²) in [7, 11) is -3.34. The lowest BCUT2D eigenvalue weighted by molar-refractivity contribution is 0.268. The molecule has 0 saturated carbocycles. The van der Waals surface area contributed by atoms with Crippen molar-refractivity contribution in [2.75, 3.05) is 19.3 Å². The Bertz CT molecular complexity index is 981. The maximum Gasteiger partial charge on any atom is 0.209 e. The van der Waals surface area contributed by atoms with Gasteiger partial charge in [-0.25, -0.2) is 13.1 Å². The van der Waals surface area contributed by atoms with Crippen LogP contribution in [0.25, 0.3) is 0 Å². The van der Waals surface area contributed by atoms with Gasteiger partial charge in [0.2, 0.25) is 10.0 Å². The fourth-order valence-electron chi connectivity index (χ4n) is 3.93. The van der Waals surface area contributed by atoms with Gasteiger partial charge >= 0.3 is 0 Å². The quantitative estimate of drug-likeness (QED) is 0.778. The van der Waals surface area contributed by atoms with Gasteiger partial charge in [0.15, 0.2) is 5.82 Å². The number of fused-ring (bicyclic) bond motifs is 1. The molecule has 0 amide bonds. The van der Waals surface area contributed by atoms with Crippen LogP contribution in [0, 0.1) is 26.7 Å². The molecule has 7 nitrogen and oxygen atoms in total. The summed E-state index contributed by atoms with van der Waals surface area (Å²) in [6, 6.07) is 4.19. The standard InChI is InChI=1S/C21H33N5O2S/c1-14(2)20(24-29(6,27)28)21-23-22-19-7-8-25(9-10-26(19)21)13-18-12-16(4)15(3)11-17(18)5/h11-12,14,20,24H,7-10,13H2,1-6H3/t20-/m1/s1. The molecule has 0 aliphatic carbocycles. The lowest BCUT2D eigenvalue weighted by Gasteiger charge is -2.23. The Morgan fingerprint density at radius 3 is 2.38 bits per heavy atom. The number of nitrogens with zero attached hydrogens (tertiary/aromatic N) is 4. The first-order valence-electron chi connectivity index (χ1n) is 10.2. The van der Waals surface area contributed by atoms with Gasteiger partial charge in [0, 0.05) is 32.6 Å². The highest BCUT2D eigenvalue weighted by molar-refractivity contribution is 7.88. The Labute approximate surface area is 174 Å². The molecule has 1 aliphatic heterocycles. The molecule has 160 valence electrons. The third-order valence-corrected chi connectivity index (χ3v) is 6.46. The van der Waals surface area contributed by atoms with Gasteiger partial charge in [-0.1, -0.05) is 26.0 Å². The molecule has 8 heteroatoms. The first-order valence-corrected chi connectivity index (χ1v) is 12.1. The van der Waals surface area contributed by atoms with Crippen LogP contribution >= 0.6 is 0 Å². The Kier molecular flexibility index (Phi) is 6.45. The highest BCUT2D eigenvalue weighted by Gasteiger charge is 2.28. The van der Waals surface area contributed by atoms with E-state index in [9.17, 15) is 8.42 Å². The number of hydrogen-bond acceptors (Lipinski definition) is 5. The van der Waals surface area contributed by atoms with Crippen molar-refractivity contribution in [2.45, 2.75) is 60.2 Å². The Balaban J connectivity index is 1.78. The normalized spacial score (nSPS) is 16.7. The Morgan fingerprint density at radius 1 is 1.03 bits per heavy atom. The summed E-state index contributed by atoms with van der Waals surface area (Å²) in [4.78, 5) is 2.45. The van der Waals surface area contributed by atoms with Gasteiger partial charge in [0.1, 0.15) is 5.82 Å². The van der Waals surface area contributed by atoms with Crippen molar-refractivity contribution in [1.82, 2.24) is 24.4 Å². The first kappa shape index (κ1) is 21.9. The number of benzene rings is 1. The molecule has 1 atom stereocenters. The number of rotatable bonds is 6. The summed E-state index contributed by atoms with van der Waals surface area (Å²) < 4.78 is 28.5. The van der Waals surface area contributed by atoms with Gasteiger partial charge in [0.25, 0.3) is 0 Å². The molecule has 0 unspecified atom stereocenters. The average Bonchev–Trinajstić information content (AvgIpc) is 2.90. The van der Waals surface area contributed by atoms with Crippen LogP contribution in [0.15, 0.2) is 12.1 Å². The minimum Gasteiger partial charge on any atom is -0.312 e. The van der Waals surface area contributed by atoms with Crippen LogP contribution < -0.4 is 4.72 Å². The predicted molar refractivity (Wildman–Crippen MR) is 115 cm³/mol. The summed E-state index contributed by atoms with van der Waals surface area (Å²) in [5.74, 6) is 1.72. The number of sulfonamides is 1. The number of aryl methyl sites for hydroxylation is 3. The molecule has 1 N–H and O–H groups in total. The molecule has 3 rings (SSSR count). The Morgan fingerprint density at radius 2 is 1.72 bits per heavy atom. The molecule has 1 aliphatic rings. The lowest BCUT2D eigenvalue weighted by atomic mass is 10.0. The third-order valence-electron chi connectivity index (χ3n) is 5.78. The van der Waals surface area contributed by atoms with Crippen LogP contribution in [0.5, 0.6) is 0 Å². The fourth-order valence-corrected chi connectivity index (χ4v) is 4.77. The van der Waals surface area contributed by atoms with Crippen molar-refractivity contribution >= 4 is 10.0 Å². The van der Waals surface area contributed by atoms with Crippen molar-refractivity contribution in [1.29, 1.82) is 0 Å². The SMILES string of the molecule is Cc1cc(C)c(CN2CCc3nnc([C@H](NS(C)(=O)=O)C(C)C)n3CC2)cc1C. The number of aromatic nitrogens is 3. The monoisotopic (exact) mass is 419 g/mol. The maximum atomic E-state index is 11.8.